The molecule has 2 unspecified atom stereocenters. The average Bonchev–Trinajstić information content (AvgIpc) is 3.19. The summed E-state index contributed by atoms with van der Waals surface area (Å²) in [6, 6.07) is 2.04. The quantitative estimate of drug-likeness (QED) is 0.641. The van der Waals surface area contributed by atoms with Crippen molar-refractivity contribution >= 4 is 17.3 Å². The van der Waals surface area contributed by atoms with E-state index in [4.69, 9.17) is 4.99 Å². The maximum Gasteiger partial charge on any atom is 0.191 e. The summed E-state index contributed by atoms with van der Waals surface area (Å²) in [5.41, 5.74) is 1.11. The Hall–Kier alpha value is -1.14. The molecule has 0 amide bonds. The van der Waals surface area contributed by atoms with Crippen LogP contribution in [0.2, 0.25) is 0 Å². The molecule has 3 rings (SSSR count). The SMILES string of the molecule is CCNC(=NCc1sc(C)nc1C)NC1CC(C)N(C2CC2)C1. The molecule has 5 nitrogen and oxygen atoms in total. The first-order valence-corrected chi connectivity index (χ1v) is 9.62. The molecule has 0 aromatic carbocycles. The summed E-state index contributed by atoms with van der Waals surface area (Å²) in [5.74, 6) is 0.938. The molecule has 2 N–H and O–H groups in total. The van der Waals surface area contributed by atoms with Gasteiger partial charge < -0.3 is 10.6 Å². The maximum atomic E-state index is 4.78. The van der Waals surface area contributed by atoms with Crippen LogP contribution >= 0.6 is 11.3 Å². The van der Waals surface area contributed by atoms with E-state index in [-0.39, 0.29) is 0 Å². The van der Waals surface area contributed by atoms with Crippen molar-refractivity contribution in [2.75, 3.05) is 13.1 Å². The summed E-state index contributed by atoms with van der Waals surface area (Å²) in [5, 5.41) is 8.14. The lowest BCUT2D eigenvalue weighted by Crippen LogP contribution is -2.44. The second kappa shape index (κ2) is 7.18. The van der Waals surface area contributed by atoms with Crippen LogP contribution < -0.4 is 10.6 Å². The predicted octanol–water partition coefficient (Wildman–Crippen LogP) is 2.44. The van der Waals surface area contributed by atoms with Crippen molar-refractivity contribution in [1.29, 1.82) is 0 Å². The molecular weight excluding hydrogens is 306 g/mol. The van der Waals surface area contributed by atoms with E-state index in [0.717, 1.165) is 35.8 Å². The summed E-state index contributed by atoms with van der Waals surface area (Å²) >= 11 is 1.75. The Morgan fingerprint density at radius 2 is 2.17 bits per heavy atom. The molecule has 1 saturated heterocycles. The molecule has 0 radical (unpaired) electrons. The fourth-order valence-corrected chi connectivity index (χ4v) is 4.32. The number of hydrogen-bond donors (Lipinski definition) is 2. The van der Waals surface area contributed by atoms with Crippen molar-refractivity contribution < 1.29 is 0 Å². The van der Waals surface area contributed by atoms with Crippen molar-refractivity contribution in [1.82, 2.24) is 20.5 Å². The normalized spacial score (nSPS) is 25.8. The Labute approximate surface area is 143 Å². The maximum absolute atomic E-state index is 4.78. The molecule has 1 aliphatic carbocycles. The monoisotopic (exact) mass is 335 g/mol. The van der Waals surface area contributed by atoms with E-state index in [1.54, 1.807) is 11.3 Å². The highest BCUT2D eigenvalue weighted by Gasteiger charge is 2.38. The lowest BCUT2D eigenvalue weighted by molar-refractivity contribution is 0.256. The number of thiazole rings is 1. The zero-order valence-electron chi connectivity index (χ0n) is 14.7. The van der Waals surface area contributed by atoms with Gasteiger partial charge in [0.15, 0.2) is 5.96 Å². The first kappa shape index (κ1) is 16.7. The molecule has 2 atom stereocenters. The largest absolute Gasteiger partial charge is 0.357 e. The third kappa shape index (κ3) is 4.23. The van der Waals surface area contributed by atoms with Crippen LogP contribution in [-0.4, -0.2) is 47.1 Å². The third-order valence-corrected chi connectivity index (χ3v) is 5.76. The van der Waals surface area contributed by atoms with Crippen LogP contribution in [0.1, 0.15) is 48.7 Å². The zero-order chi connectivity index (χ0) is 16.4. The second-order valence-corrected chi connectivity index (χ2v) is 8.08. The van der Waals surface area contributed by atoms with Gasteiger partial charge in [-0.3, -0.25) is 4.90 Å². The Morgan fingerprint density at radius 1 is 1.39 bits per heavy atom. The molecule has 23 heavy (non-hydrogen) atoms. The summed E-state index contributed by atoms with van der Waals surface area (Å²) < 4.78 is 0. The minimum absolute atomic E-state index is 0.507. The van der Waals surface area contributed by atoms with Gasteiger partial charge in [0.25, 0.3) is 0 Å². The fraction of sp³-hybridized carbons (Fsp3) is 0.765. The van der Waals surface area contributed by atoms with Crippen LogP contribution in [-0.2, 0) is 6.54 Å². The second-order valence-electron chi connectivity index (χ2n) is 6.79. The van der Waals surface area contributed by atoms with Crippen molar-refractivity contribution in [3.63, 3.8) is 0 Å². The van der Waals surface area contributed by atoms with Crippen LogP contribution in [0.15, 0.2) is 4.99 Å². The summed E-state index contributed by atoms with van der Waals surface area (Å²) in [6.07, 6.45) is 3.98. The van der Waals surface area contributed by atoms with Crippen LogP contribution in [0.3, 0.4) is 0 Å². The lowest BCUT2D eigenvalue weighted by atomic mass is 10.2. The van der Waals surface area contributed by atoms with Crippen LogP contribution in [0, 0.1) is 13.8 Å². The third-order valence-electron chi connectivity index (χ3n) is 4.70. The van der Waals surface area contributed by atoms with E-state index in [9.17, 15) is 0 Å². The number of guanidine groups is 1. The van der Waals surface area contributed by atoms with Gasteiger partial charge in [-0.15, -0.1) is 11.3 Å². The number of likely N-dealkylation sites (tertiary alicyclic amines) is 1. The number of nitrogens with one attached hydrogen (secondary N) is 2. The molecule has 1 aromatic rings. The number of nitrogens with zero attached hydrogens (tertiary/aromatic N) is 3. The van der Waals surface area contributed by atoms with Crippen LogP contribution in [0.5, 0.6) is 0 Å². The van der Waals surface area contributed by atoms with Gasteiger partial charge in [-0.1, -0.05) is 0 Å². The Bertz CT molecular complexity index is 563. The van der Waals surface area contributed by atoms with Gasteiger partial charge in [0.2, 0.25) is 0 Å². The van der Waals surface area contributed by atoms with E-state index >= 15 is 0 Å². The first-order valence-electron chi connectivity index (χ1n) is 8.80. The first-order chi connectivity index (χ1) is 11.1. The molecule has 128 valence electrons. The molecule has 0 bridgehead atoms. The van der Waals surface area contributed by atoms with E-state index in [1.165, 1.54) is 24.1 Å². The minimum Gasteiger partial charge on any atom is -0.357 e. The van der Waals surface area contributed by atoms with Gasteiger partial charge in [-0.2, -0.15) is 0 Å². The summed E-state index contributed by atoms with van der Waals surface area (Å²) in [4.78, 5) is 13.2. The van der Waals surface area contributed by atoms with E-state index in [2.05, 4.69) is 48.2 Å². The average molecular weight is 336 g/mol. The number of aryl methyl sites for hydroxylation is 2. The van der Waals surface area contributed by atoms with Gasteiger partial charge >= 0.3 is 0 Å². The van der Waals surface area contributed by atoms with Crippen LogP contribution in [0.4, 0.5) is 0 Å². The Morgan fingerprint density at radius 3 is 2.78 bits per heavy atom. The number of aromatic nitrogens is 1. The number of hydrogen-bond acceptors (Lipinski definition) is 4. The molecular formula is C17H29N5S. The molecule has 1 saturated carbocycles. The molecule has 1 aliphatic heterocycles. The molecule has 2 fully saturated rings. The van der Waals surface area contributed by atoms with Gasteiger partial charge in [0.1, 0.15) is 0 Å². The smallest absolute Gasteiger partial charge is 0.191 e. The van der Waals surface area contributed by atoms with Crippen molar-refractivity contribution in [2.24, 2.45) is 4.99 Å². The Kier molecular flexibility index (Phi) is 5.21. The highest BCUT2D eigenvalue weighted by atomic mass is 32.1. The highest BCUT2D eigenvalue weighted by molar-refractivity contribution is 7.11. The van der Waals surface area contributed by atoms with Crippen molar-refractivity contribution in [3.05, 3.63) is 15.6 Å². The topological polar surface area (TPSA) is 52.6 Å². The van der Waals surface area contributed by atoms with Crippen LogP contribution in [0.25, 0.3) is 0 Å². The predicted molar refractivity (Wildman–Crippen MR) is 97.1 cm³/mol. The van der Waals surface area contributed by atoms with Gasteiger partial charge in [0, 0.05) is 36.1 Å². The summed E-state index contributed by atoms with van der Waals surface area (Å²) in [7, 11) is 0. The van der Waals surface area contributed by atoms with E-state index in [0.29, 0.717) is 18.6 Å². The molecule has 6 heteroatoms. The van der Waals surface area contributed by atoms with Gasteiger partial charge in [-0.05, 0) is 47.0 Å². The fourth-order valence-electron chi connectivity index (χ4n) is 3.46. The molecule has 2 heterocycles. The summed E-state index contributed by atoms with van der Waals surface area (Å²) in [6.45, 7) is 11.3. The Balaban J connectivity index is 1.60. The van der Waals surface area contributed by atoms with Gasteiger partial charge in [0.05, 0.1) is 17.2 Å². The van der Waals surface area contributed by atoms with Crippen molar-refractivity contribution in [3.8, 4) is 0 Å². The number of aliphatic imine (C=N–C) groups is 1. The number of rotatable bonds is 5. The molecule has 0 spiro atoms. The lowest BCUT2D eigenvalue weighted by Gasteiger charge is -2.20. The highest BCUT2D eigenvalue weighted by Crippen LogP contribution is 2.33. The van der Waals surface area contributed by atoms with E-state index < -0.39 is 0 Å². The van der Waals surface area contributed by atoms with E-state index in [1.807, 2.05) is 0 Å². The zero-order valence-corrected chi connectivity index (χ0v) is 15.5. The molecule has 2 aliphatic rings. The molecule has 1 aromatic heterocycles. The minimum atomic E-state index is 0.507. The standard InChI is InChI=1S/C17H29N5S/c1-5-18-17(19-9-16-12(3)20-13(4)23-16)21-14-8-11(2)22(10-14)15-6-7-15/h11,14-15H,5-10H2,1-4H3,(H2,18,19,21). The van der Waals surface area contributed by atoms with Crippen molar-refractivity contribution in [2.45, 2.75) is 71.6 Å². The van der Waals surface area contributed by atoms with Gasteiger partial charge in [-0.25, -0.2) is 9.98 Å².